The number of esters is 4. The number of carbonyl (C=O) groups excluding carboxylic acids is 4. The molecule has 0 aliphatic rings. The monoisotopic (exact) mass is 1470 g/mol. The first-order chi connectivity index (χ1) is 49.7. The van der Waals surface area contributed by atoms with Gasteiger partial charge in [0.25, 0.3) is 0 Å². The normalized spacial score (nSPS) is 14.5. The van der Waals surface area contributed by atoms with Crippen molar-refractivity contribution in [2.24, 2.45) is 0 Å². The number of phosphoric ester groups is 2. The topological polar surface area (TPSA) is 237 Å². The zero-order valence-corrected chi connectivity index (χ0v) is 65.8. The molecule has 0 aromatic carbocycles. The quantitative estimate of drug-likeness (QED) is 0.0169. The van der Waals surface area contributed by atoms with Crippen molar-refractivity contribution < 1.29 is 80.2 Å². The van der Waals surface area contributed by atoms with Crippen LogP contribution >= 0.6 is 15.6 Å². The van der Waals surface area contributed by atoms with E-state index in [1.54, 1.807) is 0 Å². The van der Waals surface area contributed by atoms with Gasteiger partial charge in [0, 0.05) is 25.7 Å². The van der Waals surface area contributed by atoms with Crippen molar-refractivity contribution in [3.63, 3.8) is 0 Å². The van der Waals surface area contributed by atoms with Crippen LogP contribution < -0.4 is 0 Å². The minimum absolute atomic E-state index is 0.0738. The number of aliphatic hydroxyl groups excluding tert-OH is 1. The summed E-state index contributed by atoms with van der Waals surface area (Å²) in [4.78, 5) is 72.9. The second-order valence-corrected chi connectivity index (χ2v) is 29.2. The van der Waals surface area contributed by atoms with Gasteiger partial charge in [-0.15, -0.1) is 0 Å². The predicted molar refractivity (Wildman–Crippen MR) is 418 cm³/mol. The van der Waals surface area contributed by atoms with Crippen LogP contribution in [0.15, 0.2) is 122 Å². The van der Waals surface area contributed by atoms with Crippen molar-refractivity contribution in [1.29, 1.82) is 0 Å². The standard InChI is InChI=1S/C83H142O17P2/c1-5-9-13-17-21-25-29-32-34-36-38-40-42-45-48-51-55-59-63-67-80(85)93-73-78(99-82(87)69-65-61-57-53-47-28-24-20-16-12-8-4)75-97-101(89,90)95-71-77(84)72-96-102(91,92)98-76-79(100-83(88)70-66-62-58-54-50-44-31-27-23-19-15-11-7-3)74-94-81(86)68-64-60-56-52-49-46-43-41-39-37-35-33-30-26-22-18-14-10-6-2/h9,13,15,19,21-22,25-27,31-35,38-41,45,48,77-79,84H,5-8,10-12,14,16-18,20,23-24,28-30,36-37,42-44,46-47,49-76H2,1-4H3,(H,89,90)(H,91,92)/b13-9-,19-15-,25-21-,26-22-,31-27-,34-32-,35-33-,40-38-,41-39-,48-45-. The van der Waals surface area contributed by atoms with Crippen molar-refractivity contribution >= 4 is 39.5 Å². The summed E-state index contributed by atoms with van der Waals surface area (Å²) in [6.07, 6.45) is 81.8. The Morgan fingerprint density at radius 1 is 0.284 bits per heavy atom. The Bertz CT molecular complexity index is 2410. The maximum absolute atomic E-state index is 13.1. The van der Waals surface area contributed by atoms with Gasteiger partial charge < -0.3 is 33.8 Å². The first kappa shape index (κ1) is 97.5. The van der Waals surface area contributed by atoms with Crippen LogP contribution in [0.3, 0.4) is 0 Å². The first-order valence-electron chi connectivity index (χ1n) is 39.8. The van der Waals surface area contributed by atoms with E-state index in [-0.39, 0.29) is 25.7 Å². The first-order valence-corrected chi connectivity index (χ1v) is 42.8. The summed E-state index contributed by atoms with van der Waals surface area (Å²) in [6.45, 7) is 4.61. The fraction of sp³-hybridized carbons (Fsp3) is 0.711. The number of ether oxygens (including phenoxy) is 4. The molecule has 0 rings (SSSR count). The lowest BCUT2D eigenvalue weighted by molar-refractivity contribution is -0.161. The molecule has 586 valence electrons. The van der Waals surface area contributed by atoms with Gasteiger partial charge in [-0.05, 0) is 135 Å². The number of rotatable bonds is 74. The summed E-state index contributed by atoms with van der Waals surface area (Å²) < 4.78 is 68.5. The molecule has 0 spiro atoms. The third-order valence-electron chi connectivity index (χ3n) is 16.4. The second kappa shape index (κ2) is 74.7. The number of aliphatic hydroxyl groups is 1. The lowest BCUT2D eigenvalue weighted by Gasteiger charge is -2.21. The fourth-order valence-corrected chi connectivity index (χ4v) is 11.9. The number of unbranched alkanes of at least 4 members (excludes halogenated alkanes) is 28. The highest BCUT2D eigenvalue weighted by Gasteiger charge is 2.30. The fourth-order valence-electron chi connectivity index (χ4n) is 10.4. The smallest absolute Gasteiger partial charge is 0.462 e. The SMILES string of the molecule is CC/C=C\C/C=C\C/C=C\C/C=C\C/C=C\CCCCCC(=O)OCC(COP(=O)(O)OCC(O)COP(=O)(O)OCC(COC(=O)CCCCCCCC/C=C\C/C=C\C/C=C\CCCCC)OC(=O)CCCCCCC/C=C\C/C=C\CCC)OC(=O)CCCCCCCCCCCCC. The molecule has 0 aromatic heterocycles. The molecular weight excluding hydrogens is 1330 g/mol. The van der Waals surface area contributed by atoms with Gasteiger partial charge in [-0.25, -0.2) is 9.13 Å². The van der Waals surface area contributed by atoms with E-state index in [1.807, 2.05) is 0 Å². The molecule has 5 atom stereocenters. The van der Waals surface area contributed by atoms with Gasteiger partial charge in [0.1, 0.15) is 19.3 Å². The summed E-state index contributed by atoms with van der Waals surface area (Å²) in [5, 5.41) is 10.6. The Labute approximate surface area is 619 Å². The predicted octanol–water partition coefficient (Wildman–Crippen LogP) is 23.1. The van der Waals surface area contributed by atoms with Gasteiger partial charge in [-0.2, -0.15) is 0 Å². The largest absolute Gasteiger partial charge is 0.472 e. The minimum Gasteiger partial charge on any atom is -0.462 e. The average molecular weight is 1470 g/mol. The molecule has 0 fully saturated rings. The van der Waals surface area contributed by atoms with Crippen molar-refractivity contribution in [2.45, 2.75) is 341 Å². The van der Waals surface area contributed by atoms with Gasteiger partial charge in [0.15, 0.2) is 12.2 Å². The zero-order valence-electron chi connectivity index (χ0n) is 64.0. The molecule has 0 radical (unpaired) electrons. The molecule has 0 aromatic rings. The number of hydrogen-bond donors (Lipinski definition) is 3. The van der Waals surface area contributed by atoms with Crippen molar-refractivity contribution in [3.05, 3.63) is 122 Å². The maximum Gasteiger partial charge on any atom is 0.472 e. The van der Waals surface area contributed by atoms with Gasteiger partial charge >= 0.3 is 39.5 Å². The van der Waals surface area contributed by atoms with Crippen LogP contribution in [-0.2, 0) is 65.4 Å². The van der Waals surface area contributed by atoms with Gasteiger partial charge in [0.2, 0.25) is 0 Å². The van der Waals surface area contributed by atoms with Crippen molar-refractivity contribution in [1.82, 2.24) is 0 Å². The molecule has 19 heteroatoms. The van der Waals surface area contributed by atoms with E-state index < -0.39 is 97.5 Å². The Kier molecular flexibility index (Phi) is 71.4. The number of allylic oxidation sites excluding steroid dienone is 20. The summed E-state index contributed by atoms with van der Waals surface area (Å²) in [6, 6.07) is 0. The lowest BCUT2D eigenvalue weighted by atomic mass is 10.1. The van der Waals surface area contributed by atoms with Gasteiger partial charge in [0.05, 0.1) is 26.4 Å². The number of hydrogen-bond acceptors (Lipinski definition) is 15. The Hall–Kier alpha value is -4.54. The van der Waals surface area contributed by atoms with E-state index >= 15 is 0 Å². The third-order valence-corrected chi connectivity index (χ3v) is 18.3. The molecule has 102 heavy (non-hydrogen) atoms. The molecule has 0 bridgehead atoms. The molecule has 5 unspecified atom stereocenters. The molecule has 0 saturated carbocycles. The molecule has 0 aliphatic heterocycles. The lowest BCUT2D eigenvalue weighted by Crippen LogP contribution is -2.30. The number of carbonyl (C=O) groups is 4. The van der Waals surface area contributed by atoms with E-state index in [0.29, 0.717) is 25.7 Å². The van der Waals surface area contributed by atoms with Crippen LogP contribution in [-0.4, -0.2) is 96.7 Å². The summed E-state index contributed by atoms with van der Waals surface area (Å²) in [5.74, 6) is -2.23. The molecule has 0 heterocycles. The van der Waals surface area contributed by atoms with Crippen LogP contribution in [0.1, 0.15) is 323 Å². The molecule has 0 saturated heterocycles. The van der Waals surface area contributed by atoms with Crippen LogP contribution in [0.2, 0.25) is 0 Å². The molecule has 17 nitrogen and oxygen atoms in total. The summed E-state index contributed by atoms with van der Waals surface area (Å²) >= 11 is 0. The van der Waals surface area contributed by atoms with Crippen LogP contribution in [0.5, 0.6) is 0 Å². The molecular formula is C83H142O17P2. The van der Waals surface area contributed by atoms with Crippen LogP contribution in [0, 0.1) is 0 Å². The highest BCUT2D eigenvalue weighted by atomic mass is 31.2. The highest BCUT2D eigenvalue weighted by Crippen LogP contribution is 2.45. The Morgan fingerprint density at radius 2 is 0.529 bits per heavy atom. The third kappa shape index (κ3) is 73.8. The Morgan fingerprint density at radius 3 is 0.853 bits per heavy atom. The van der Waals surface area contributed by atoms with E-state index in [2.05, 4.69) is 149 Å². The zero-order chi connectivity index (χ0) is 74.6. The van der Waals surface area contributed by atoms with E-state index in [9.17, 15) is 43.2 Å². The second-order valence-electron chi connectivity index (χ2n) is 26.3. The van der Waals surface area contributed by atoms with Gasteiger partial charge in [-0.1, -0.05) is 284 Å². The van der Waals surface area contributed by atoms with Crippen molar-refractivity contribution in [3.8, 4) is 0 Å². The summed E-state index contributed by atoms with van der Waals surface area (Å²) in [5.41, 5.74) is 0. The highest BCUT2D eigenvalue weighted by molar-refractivity contribution is 7.47. The van der Waals surface area contributed by atoms with Crippen molar-refractivity contribution in [2.75, 3.05) is 39.6 Å². The summed E-state index contributed by atoms with van der Waals surface area (Å²) in [7, 11) is -9.97. The molecule has 0 amide bonds. The van der Waals surface area contributed by atoms with E-state index in [4.69, 9.17) is 37.0 Å². The molecule has 0 aliphatic carbocycles. The van der Waals surface area contributed by atoms with E-state index in [1.165, 1.54) is 57.8 Å². The average Bonchev–Trinajstić information content (AvgIpc) is 0.928. The van der Waals surface area contributed by atoms with E-state index in [0.717, 1.165) is 186 Å². The van der Waals surface area contributed by atoms with Crippen LogP contribution in [0.4, 0.5) is 0 Å². The minimum atomic E-state index is -4.98. The molecule has 3 N–H and O–H groups in total. The Balaban J connectivity index is 5.34. The van der Waals surface area contributed by atoms with Gasteiger partial charge in [-0.3, -0.25) is 37.3 Å². The number of phosphoric acid groups is 2. The van der Waals surface area contributed by atoms with Crippen LogP contribution in [0.25, 0.3) is 0 Å². The maximum atomic E-state index is 13.1.